The Balaban J connectivity index is 1.99. The summed E-state index contributed by atoms with van der Waals surface area (Å²) < 4.78 is 5.59. The second-order valence-electron chi connectivity index (χ2n) is 4.18. The Bertz CT molecular complexity index is 571. The van der Waals surface area contributed by atoms with Crippen molar-refractivity contribution in [3.05, 3.63) is 65.7 Å². The maximum atomic E-state index is 11.4. The number of rotatable bonds is 5. The Morgan fingerprint density at radius 3 is 2.16 bits per heavy atom. The summed E-state index contributed by atoms with van der Waals surface area (Å²) in [6, 6.07) is 16.4. The van der Waals surface area contributed by atoms with E-state index in [2.05, 4.69) is 0 Å². The van der Waals surface area contributed by atoms with Crippen LogP contribution in [0.5, 0.6) is 5.75 Å². The van der Waals surface area contributed by atoms with E-state index in [0.29, 0.717) is 17.9 Å². The Morgan fingerprint density at radius 2 is 1.58 bits per heavy atom. The summed E-state index contributed by atoms with van der Waals surface area (Å²) in [5.41, 5.74) is 1.46. The lowest BCUT2D eigenvalue weighted by Crippen LogP contribution is -2.09. The van der Waals surface area contributed by atoms with Crippen molar-refractivity contribution in [2.24, 2.45) is 0 Å². The summed E-state index contributed by atoms with van der Waals surface area (Å²) in [5.74, 6) is -0.267. The average Bonchev–Trinajstić information content (AvgIpc) is 2.46. The average molecular weight is 254 g/mol. The molecular formula is C16H14O3. The minimum Gasteiger partial charge on any atom is -0.489 e. The van der Waals surface area contributed by atoms with Gasteiger partial charge in [-0.2, -0.15) is 0 Å². The summed E-state index contributed by atoms with van der Waals surface area (Å²) in [5, 5.41) is 0. The number of Topliss-reactive ketones (excluding diaryl/α,β-unsaturated/α-hetero) is 2. The molecule has 2 aromatic carbocycles. The van der Waals surface area contributed by atoms with Gasteiger partial charge < -0.3 is 4.74 Å². The quantitative estimate of drug-likeness (QED) is 0.608. The van der Waals surface area contributed by atoms with Gasteiger partial charge in [0.25, 0.3) is 0 Å². The van der Waals surface area contributed by atoms with Crippen LogP contribution in [-0.2, 0) is 11.4 Å². The van der Waals surface area contributed by atoms with Crippen molar-refractivity contribution < 1.29 is 14.3 Å². The lowest BCUT2D eigenvalue weighted by atomic mass is 10.1. The van der Waals surface area contributed by atoms with E-state index >= 15 is 0 Å². The van der Waals surface area contributed by atoms with Crippen LogP contribution in [0.1, 0.15) is 22.8 Å². The monoisotopic (exact) mass is 254 g/mol. The molecule has 96 valence electrons. The fraction of sp³-hybridized carbons (Fsp3) is 0.125. The standard InChI is InChI=1S/C16H14O3/c1-12(17)16(18)14-7-9-15(10-8-14)19-11-13-5-3-2-4-6-13/h2-10H,11H2,1H3. The van der Waals surface area contributed by atoms with E-state index in [9.17, 15) is 9.59 Å². The van der Waals surface area contributed by atoms with Crippen LogP contribution in [-0.4, -0.2) is 11.6 Å². The summed E-state index contributed by atoms with van der Waals surface area (Å²) >= 11 is 0. The zero-order valence-electron chi connectivity index (χ0n) is 10.6. The second kappa shape index (κ2) is 5.96. The molecule has 0 bridgehead atoms. The molecule has 0 heterocycles. The predicted molar refractivity (Wildman–Crippen MR) is 72.2 cm³/mol. The van der Waals surface area contributed by atoms with Crippen molar-refractivity contribution in [1.29, 1.82) is 0 Å². The number of hydrogen-bond acceptors (Lipinski definition) is 3. The van der Waals surface area contributed by atoms with Crippen molar-refractivity contribution in [2.45, 2.75) is 13.5 Å². The van der Waals surface area contributed by atoms with Crippen molar-refractivity contribution in [3.8, 4) is 5.75 Å². The van der Waals surface area contributed by atoms with Crippen molar-refractivity contribution in [2.75, 3.05) is 0 Å². The van der Waals surface area contributed by atoms with Crippen LogP contribution in [0.3, 0.4) is 0 Å². The van der Waals surface area contributed by atoms with Gasteiger partial charge in [0.15, 0.2) is 5.78 Å². The molecule has 0 saturated heterocycles. The first-order chi connectivity index (χ1) is 9.16. The molecule has 2 rings (SSSR count). The van der Waals surface area contributed by atoms with Crippen molar-refractivity contribution in [1.82, 2.24) is 0 Å². The molecule has 0 aliphatic rings. The van der Waals surface area contributed by atoms with E-state index in [0.717, 1.165) is 5.56 Å². The maximum absolute atomic E-state index is 11.4. The Morgan fingerprint density at radius 1 is 0.947 bits per heavy atom. The second-order valence-corrected chi connectivity index (χ2v) is 4.18. The minimum absolute atomic E-state index is 0.388. The molecule has 0 amide bonds. The van der Waals surface area contributed by atoms with E-state index in [4.69, 9.17) is 4.74 Å². The van der Waals surface area contributed by atoms with E-state index in [1.165, 1.54) is 6.92 Å². The van der Waals surface area contributed by atoms with Crippen LogP contribution in [0.2, 0.25) is 0 Å². The molecule has 3 heteroatoms. The smallest absolute Gasteiger partial charge is 0.228 e. The van der Waals surface area contributed by atoms with Gasteiger partial charge in [-0.25, -0.2) is 0 Å². The molecule has 0 radical (unpaired) electrons. The Labute approximate surface area is 111 Å². The fourth-order valence-corrected chi connectivity index (χ4v) is 1.65. The first kappa shape index (κ1) is 13.0. The number of ether oxygens (including phenoxy) is 1. The zero-order valence-corrected chi connectivity index (χ0v) is 10.6. The number of benzene rings is 2. The molecule has 0 spiro atoms. The Hall–Kier alpha value is -2.42. The highest BCUT2D eigenvalue weighted by molar-refractivity contribution is 6.42. The third-order valence-corrected chi connectivity index (χ3v) is 2.68. The topological polar surface area (TPSA) is 43.4 Å². The molecular weight excluding hydrogens is 240 g/mol. The number of hydrogen-bond donors (Lipinski definition) is 0. The van der Waals surface area contributed by atoms with E-state index in [1.54, 1.807) is 24.3 Å². The molecule has 3 nitrogen and oxygen atoms in total. The van der Waals surface area contributed by atoms with Crippen LogP contribution in [0.15, 0.2) is 54.6 Å². The summed E-state index contributed by atoms with van der Waals surface area (Å²) in [7, 11) is 0. The number of ketones is 2. The SMILES string of the molecule is CC(=O)C(=O)c1ccc(OCc2ccccc2)cc1. The predicted octanol–water partition coefficient (Wildman–Crippen LogP) is 3.04. The van der Waals surface area contributed by atoms with Crippen molar-refractivity contribution in [3.63, 3.8) is 0 Å². The van der Waals surface area contributed by atoms with Crippen LogP contribution in [0, 0.1) is 0 Å². The molecule has 0 aliphatic heterocycles. The van der Waals surface area contributed by atoms with Gasteiger partial charge in [0.1, 0.15) is 12.4 Å². The van der Waals surface area contributed by atoms with Crippen LogP contribution < -0.4 is 4.74 Å². The van der Waals surface area contributed by atoms with Gasteiger partial charge in [0, 0.05) is 12.5 Å². The molecule has 0 N–H and O–H groups in total. The minimum atomic E-state index is -0.477. The molecule has 0 unspecified atom stereocenters. The lowest BCUT2D eigenvalue weighted by Gasteiger charge is -2.06. The lowest BCUT2D eigenvalue weighted by molar-refractivity contribution is -0.113. The fourth-order valence-electron chi connectivity index (χ4n) is 1.65. The van der Waals surface area contributed by atoms with Gasteiger partial charge >= 0.3 is 0 Å². The largest absolute Gasteiger partial charge is 0.489 e. The number of carbonyl (C=O) groups excluding carboxylic acids is 2. The third-order valence-electron chi connectivity index (χ3n) is 2.68. The molecule has 0 saturated carbocycles. The molecule has 0 atom stereocenters. The molecule has 0 aliphatic carbocycles. The van der Waals surface area contributed by atoms with Crippen molar-refractivity contribution >= 4 is 11.6 Å². The van der Waals surface area contributed by atoms with Gasteiger partial charge in [-0.05, 0) is 29.8 Å². The summed E-state index contributed by atoms with van der Waals surface area (Å²) in [4.78, 5) is 22.4. The molecule has 0 aromatic heterocycles. The first-order valence-corrected chi connectivity index (χ1v) is 5.99. The first-order valence-electron chi connectivity index (χ1n) is 5.99. The zero-order chi connectivity index (χ0) is 13.7. The maximum Gasteiger partial charge on any atom is 0.228 e. The molecule has 2 aromatic rings. The van der Waals surface area contributed by atoms with E-state index in [-0.39, 0.29) is 0 Å². The van der Waals surface area contributed by atoms with Gasteiger partial charge in [-0.3, -0.25) is 9.59 Å². The van der Waals surface area contributed by atoms with E-state index < -0.39 is 11.6 Å². The summed E-state index contributed by atoms with van der Waals surface area (Å²) in [6.07, 6.45) is 0. The highest BCUT2D eigenvalue weighted by Gasteiger charge is 2.10. The highest BCUT2D eigenvalue weighted by Crippen LogP contribution is 2.14. The van der Waals surface area contributed by atoms with Gasteiger partial charge in [-0.15, -0.1) is 0 Å². The number of carbonyl (C=O) groups is 2. The Kier molecular flexibility index (Phi) is 4.08. The van der Waals surface area contributed by atoms with Crippen LogP contribution in [0.4, 0.5) is 0 Å². The normalized spacial score (nSPS) is 9.95. The van der Waals surface area contributed by atoms with Gasteiger partial charge in [0.05, 0.1) is 0 Å². The molecule has 19 heavy (non-hydrogen) atoms. The van der Waals surface area contributed by atoms with Crippen LogP contribution in [0.25, 0.3) is 0 Å². The van der Waals surface area contributed by atoms with Gasteiger partial charge in [0.2, 0.25) is 5.78 Å². The third kappa shape index (κ3) is 3.52. The van der Waals surface area contributed by atoms with Crippen LogP contribution >= 0.6 is 0 Å². The van der Waals surface area contributed by atoms with E-state index in [1.807, 2.05) is 30.3 Å². The molecule has 0 fully saturated rings. The summed E-state index contributed by atoms with van der Waals surface area (Å²) in [6.45, 7) is 1.74. The van der Waals surface area contributed by atoms with Gasteiger partial charge in [-0.1, -0.05) is 30.3 Å². The highest BCUT2D eigenvalue weighted by atomic mass is 16.5.